The van der Waals surface area contributed by atoms with Gasteiger partial charge in [-0.3, -0.25) is 4.79 Å². The third-order valence-electron chi connectivity index (χ3n) is 4.89. The molecule has 4 rings (SSSR count). The molecule has 3 aromatic rings. The molecule has 3 N–H and O–H groups in total. The van der Waals surface area contributed by atoms with Crippen LogP contribution in [0.25, 0.3) is 22.3 Å². The number of aromatic amines is 1. The van der Waals surface area contributed by atoms with E-state index in [1.54, 1.807) is 0 Å². The predicted molar refractivity (Wildman–Crippen MR) is 96.1 cm³/mol. The quantitative estimate of drug-likeness (QED) is 0.586. The lowest BCUT2D eigenvalue weighted by atomic mass is 10.1. The summed E-state index contributed by atoms with van der Waals surface area (Å²) in [7, 11) is 1.44. The van der Waals surface area contributed by atoms with Crippen LogP contribution in [0.3, 0.4) is 0 Å². The van der Waals surface area contributed by atoms with Crippen molar-refractivity contribution < 1.29 is 22.4 Å². The lowest BCUT2D eigenvalue weighted by Gasteiger charge is -2.21. The van der Waals surface area contributed by atoms with Gasteiger partial charge in [0.05, 0.1) is 11.3 Å². The highest BCUT2D eigenvalue weighted by molar-refractivity contribution is 5.99. The molecule has 1 fully saturated rings. The summed E-state index contributed by atoms with van der Waals surface area (Å²) < 4.78 is 54.0. The second-order valence-electron chi connectivity index (χ2n) is 6.78. The molecule has 9 heteroatoms. The van der Waals surface area contributed by atoms with E-state index in [4.69, 9.17) is 0 Å². The molecule has 0 unspecified atom stereocenters. The minimum absolute atomic E-state index is 0.191. The number of benzene rings is 1. The first-order chi connectivity index (χ1) is 13.2. The van der Waals surface area contributed by atoms with Crippen LogP contribution in [0.4, 0.5) is 23.2 Å². The number of rotatable bonds is 4. The van der Waals surface area contributed by atoms with Gasteiger partial charge in [-0.1, -0.05) is 0 Å². The summed E-state index contributed by atoms with van der Waals surface area (Å²) in [5.41, 5.74) is -0.859. The van der Waals surface area contributed by atoms with Crippen molar-refractivity contribution in [1.82, 2.24) is 15.3 Å². The first-order valence-electron chi connectivity index (χ1n) is 8.59. The van der Waals surface area contributed by atoms with Crippen LogP contribution in [0, 0.1) is 5.82 Å². The fourth-order valence-electron chi connectivity index (χ4n) is 3.22. The predicted octanol–water partition coefficient (Wildman–Crippen LogP) is 4.08. The number of aromatic nitrogens is 2. The maximum atomic E-state index is 13.6. The molecule has 2 aromatic heterocycles. The molecule has 0 spiro atoms. The Morgan fingerprint density at radius 1 is 1.21 bits per heavy atom. The average Bonchev–Trinajstić information content (AvgIpc) is 3.30. The largest absolute Gasteiger partial charge is 0.419 e. The first-order valence-corrected chi connectivity index (χ1v) is 8.59. The molecule has 146 valence electrons. The van der Waals surface area contributed by atoms with Gasteiger partial charge in [0.2, 0.25) is 5.91 Å². The van der Waals surface area contributed by atoms with Gasteiger partial charge in [-0.2, -0.15) is 13.2 Å². The van der Waals surface area contributed by atoms with Gasteiger partial charge in [-0.15, -0.1) is 0 Å². The second kappa shape index (κ2) is 6.22. The van der Waals surface area contributed by atoms with Gasteiger partial charge >= 0.3 is 6.18 Å². The van der Waals surface area contributed by atoms with E-state index < -0.39 is 23.1 Å². The van der Waals surface area contributed by atoms with Crippen molar-refractivity contribution in [1.29, 1.82) is 0 Å². The molecule has 0 bridgehead atoms. The van der Waals surface area contributed by atoms with E-state index in [1.807, 2.05) is 0 Å². The number of pyridine rings is 1. The van der Waals surface area contributed by atoms with Crippen molar-refractivity contribution in [3.8, 4) is 11.3 Å². The Hall–Kier alpha value is -3.10. The van der Waals surface area contributed by atoms with Gasteiger partial charge < -0.3 is 15.6 Å². The number of carbonyl (C=O) groups is 1. The molecule has 1 aliphatic carbocycles. The molecule has 0 aliphatic heterocycles. The number of anilines is 1. The molecule has 2 heterocycles. The highest BCUT2D eigenvalue weighted by Crippen LogP contribution is 2.45. The highest BCUT2D eigenvalue weighted by atomic mass is 19.4. The van der Waals surface area contributed by atoms with Gasteiger partial charge in [0.25, 0.3) is 0 Å². The number of amides is 1. The summed E-state index contributed by atoms with van der Waals surface area (Å²) in [5.74, 6) is -0.777. The Balaban J connectivity index is 1.86. The zero-order chi connectivity index (χ0) is 20.1. The molecular formula is C19H16F4N4O. The summed E-state index contributed by atoms with van der Waals surface area (Å²) in [6.45, 7) is 0. The van der Waals surface area contributed by atoms with Crippen LogP contribution < -0.4 is 10.6 Å². The number of hydrogen-bond donors (Lipinski definition) is 3. The Morgan fingerprint density at radius 3 is 2.46 bits per heavy atom. The molecule has 1 amide bonds. The minimum atomic E-state index is -4.64. The Morgan fingerprint density at radius 2 is 1.89 bits per heavy atom. The maximum absolute atomic E-state index is 13.6. The molecule has 28 heavy (non-hydrogen) atoms. The summed E-state index contributed by atoms with van der Waals surface area (Å²) >= 11 is 0. The first kappa shape index (κ1) is 18.3. The molecular weight excluding hydrogens is 376 g/mol. The van der Waals surface area contributed by atoms with Crippen molar-refractivity contribution >= 4 is 22.6 Å². The lowest BCUT2D eigenvalue weighted by Crippen LogP contribution is -2.40. The zero-order valence-corrected chi connectivity index (χ0v) is 14.7. The van der Waals surface area contributed by atoms with Crippen LogP contribution in [-0.2, 0) is 11.0 Å². The number of alkyl halides is 3. The normalized spacial score (nSPS) is 15.5. The molecule has 5 nitrogen and oxygen atoms in total. The second-order valence-corrected chi connectivity index (χ2v) is 6.78. The fourth-order valence-corrected chi connectivity index (χ4v) is 3.22. The third kappa shape index (κ3) is 3.06. The number of fused-ring (bicyclic) bond motifs is 1. The van der Waals surface area contributed by atoms with E-state index in [1.165, 1.54) is 37.4 Å². The molecule has 1 saturated carbocycles. The van der Waals surface area contributed by atoms with Crippen molar-refractivity contribution in [2.75, 3.05) is 12.4 Å². The van der Waals surface area contributed by atoms with E-state index in [2.05, 4.69) is 20.6 Å². The van der Waals surface area contributed by atoms with Gasteiger partial charge in [-0.05, 0) is 48.7 Å². The SMILES string of the molecule is CNC(=O)C1(Nc2c(C(F)(F)F)cnc3[nH]c(-c4ccc(F)cc4)cc23)CC1. The number of hydrogen-bond acceptors (Lipinski definition) is 3. The molecule has 1 aliphatic rings. The van der Waals surface area contributed by atoms with Gasteiger partial charge in [0.15, 0.2) is 0 Å². The topological polar surface area (TPSA) is 69.8 Å². The van der Waals surface area contributed by atoms with Crippen molar-refractivity contribution in [2.45, 2.75) is 24.6 Å². The minimum Gasteiger partial charge on any atom is -0.370 e. The number of likely N-dealkylation sites (N-methyl/N-ethyl adjacent to an activating group) is 1. The number of carbonyl (C=O) groups excluding carboxylic acids is 1. The van der Waals surface area contributed by atoms with E-state index in [0.717, 1.165) is 6.20 Å². The van der Waals surface area contributed by atoms with Crippen LogP contribution >= 0.6 is 0 Å². The molecule has 0 atom stereocenters. The van der Waals surface area contributed by atoms with Crippen LogP contribution in [0.1, 0.15) is 18.4 Å². The lowest BCUT2D eigenvalue weighted by molar-refractivity contribution is -0.137. The summed E-state index contributed by atoms with van der Waals surface area (Å²) in [6.07, 6.45) is -3.03. The summed E-state index contributed by atoms with van der Waals surface area (Å²) in [6, 6.07) is 7.08. The van der Waals surface area contributed by atoms with E-state index in [-0.39, 0.29) is 22.6 Å². The van der Waals surface area contributed by atoms with Gasteiger partial charge in [0, 0.05) is 24.3 Å². The van der Waals surface area contributed by atoms with Crippen LogP contribution in [-0.4, -0.2) is 28.5 Å². The standard InChI is InChI=1S/C19H16F4N4O/c1-24-17(28)18(6-7-18)27-15-12-8-14(10-2-4-11(20)5-3-10)26-16(12)25-9-13(15)19(21,22)23/h2-5,8-9H,6-7H2,1H3,(H,24,28)(H2,25,26,27). The van der Waals surface area contributed by atoms with Crippen LogP contribution in [0.5, 0.6) is 0 Å². The fraction of sp³-hybridized carbons (Fsp3) is 0.263. The van der Waals surface area contributed by atoms with Crippen molar-refractivity contribution in [3.05, 3.63) is 47.9 Å². The zero-order valence-electron chi connectivity index (χ0n) is 14.7. The Labute approximate surface area is 157 Å². The smallest absolute Gasteiger partial charge is 0.370 e. The summed E-state index contributed by atoms with van der Waals surface area (Å²) in [4.78, 5) is 19.0. The van der Waals surface area contributed by atoms with Crippen LogP contribution in [0.15, 0.2) is 36.5 Å². The average molecular weight is 392 g/mol. The molecule has 1 aromatic carbocycles. The Bertz CT molecular complexity index is 1050. The molecule has 0 radical (unpaired) electrons. The van der Waals surface area contributed by atoms with Crippen LogP contribution in [0.2, 0.25) is 0 Å². The van der Waals surface area contributed by atoms with E-state index in [9.17, 15) is 22.4 Å². The number of H-pyrrole nitrogens is 1. The van der Waals surface area contributed by atoms with Crippen molar-refractivity contribution in [3.63, 3.8) is 0 Å². The van der Waals surface area contributed by atoms with Gasteiger partial charge in [-0.25, -0.2) is 9.37 Å². The third-order valence-corrected chi connectivity index (χ3v) is 4.89. The van der Waals surface area contributed by atoms with E-state index >= 15 is 0 Å². The molecule has 0 saturated heterocycles. The number of halogens is 4. The Kier molecular flexibility index (Phi) is 4.06. The van der Waals surface area contributed by atoms with Crippen molar-refractivity contribution in [2.24, 2.45) is 0 Å². The summed E-state index contributed by atoms with van der Waals surface area (Å²) in [5, 5.41) is 5.52. The maximum Gasteiger partial charge on any atom is 0.419 e. The number of nitrogens with one attached hydrogen (secondary N) is 3. The van der Waals surface area contributed by atoms with E-state index in [0.29, 0.717) is 24.1 Å². The monoisotopic (exact) mass is 392 g/mol. The highest BCUT2D eigenvalue weighted by Gasteiger charge is 2.51. The number of nitrogens with zero attached hydrogens (tertiary/aromatic N) is 1. The van der Waals surface area contributed by atoms with Gasteiger partial charge in [0.1, 0.15) is 17.0 Å².